The molecule has 3 nitrogen and oxygen atoms in total. The molecule has 13 heavy (non-hydrogen) atoms. The molecule has 1 unspecified atom stereocenters. The van der Waals surface area contributed by atoms with Crippen LogP contribution in [0.25, 0.3) is 0 Å². The number of hydrogen-bond acceptors (Lipinski definition) is 2. The summed E-state index contributed by atoms with van der Waals surface area (Å²) in [5, 5.41) is 3.55. The van der Waals surface area contributed by atoms with Gasteiger partial charge in [-0.25, -0.2) is 4.98 Å². The van der Waals surface area contributed by atoms with E-state index in [0.717, 1.165) is 11.5 Å². The van der Waals surface area contributed by atoms with Crippen LogP contribution in [-0.2, 0) is 0 Å². The maximum atomic E-state index is 4.37. The number of aromatic nitrogens is 2. The Balaban J connectivity index is 1.80. The van der Waals surface area contributed by atoms with E-state index < -0.39 is 0 Å². The van der Waals surface area contributed by atoms with Crippen molar-refractivity contribution in [3.8, 4) is 0 Å². The van der Waals surface area contributed by atoms with Gasteiger partial charge in [-0.05, 0) is 31.6 Å². The molecule has 0 radical (unpaired) electrons. The molecule has 1 aromatic rings. The molecule has 2 fully saturated rings. The van der Waals surface area contributed by atoms with Gasteiger partial charge in [0, 0.05) is 18.4 Å². The Bertz CT molecular complexity index is 325. The van der Waals surface area contributed by atoms with Gasteiger partial charge in [-0.1, -0.05) is 0 Å². The fourth-order valence-corrected chi connectivity index (χ4v) is 2.28. The molecule has 1 saturated heterocycles. The molecule has 3 heteroatoms. The van der Waals surface area contributed by atoms with Crippen molar-refractivity contribution in [2.75, 3.05) is 6.54 Å². The Morgan fingerprint density at radius 2 is 2.38 bits per heavy atom. The number of hydrogen-bond donors (Lipinski definition) is 2. The zero-order chi connectivity index (χ0) is 8.89. The first kappa shape index (κ1) is 7.56. The summed E-state index contributed by atoms with van der Waals surface area (Å²) in [7, 11) is 0. The van der Waals surface area contributed by atoms with Crippen molar-refractivity contribution in [3.05, 3.63) is 17.7 Å². The maximum absolute atomic E-state index is 4.37. The number of aryl methyl sites for hydroxylation is 1. The van der Waals surface area contributed by atoms with Gasteiger partial charge in [-0.3, -0.25) is 0 Å². The molecule has 0 amide bonds. The van der Waals surface area contributed by atoms with Crippen LogP contribution in [0.4, 0.5) is 0 Å². The highest BCUT2D eigenvalue weighted by atomic mass is 15.1. The normalized spacial score (nSPS) is 29.8. The molecule has 1 aromatic heterocycles. The highest BCUT2D eigenvalue weighted by Gasteiger charge is 2.48. The molecule has 1 aliphatic heterocycles. The largest absolute Gasteiger partial charge is 0.345 e. The third kappa shape index (κ3) is 1.18. The average molecular weight is 177 g/mol. The van der Waals surface area contributed by atoms with Crippen molar-refractivity contribution < 1.29 is 0 Å². The average Bonchev–Trinajstić information content (AvgIpc) is 2.55. The Kier molecular flexibility index (Phi) is 1.37. The second-order valence-electron chi connectivity index (χ2n) is 4.59. The van der Waals surface area contributed by atoms with Gasteiger partial charge in [-0.2, -0.15) is 0 Å². The lowest BCUT2D eigenvalue weighted by Crippen LogP contribution is -2.15. The minimum absolute atomic E-state index is 0.483. The van der Waals surface area contributed by atoms with Crippen LogP contribution in [0.5, 0.6) is 0 Å². The topological polar surface area (TPSA) is 40.7 Å². The summed E-state index contributed by atoms with van der Waals surface area (Å²) >= 11 is 0. The third-order valence-corrected chi connectivity index (χ3v) is 3.37. The molecule has 1 spiro atoms. The number of rotatable bonds is 1. The first-order valence-corrected chi connectivity index (χ1v) is 5.02. The van der Waals surface area contributed by atoms with E-state index in [-0.39, 0.29) is 0 Å². The summed E-state index contributed by atoms with van der Waals surface area (Å²) in [6.07, 6.45) is 6.02. The van der Waals surface area contributed by atoms with Crippen LogP contribution in [0.1, 0.15) is 36.8 Å². The summed E-state index contributed by atoms with van der Waals surface area (Å²) in [4.78, 5) is 7.68. The van der Waals surface area contributed by atoms with Crippen molar-refractivity contribution >= 4 is 0 Å². The molecule has 0 aromatic carbocycles. The van der Waals surface area contributed by atoms with Gasteiger partial charge in [0.25, 0.3) is 0 Å². The van der Waals surface area contributed by atoms with Crippen LogP contribution >= 0.6 is 0 Å². The lowest BCUT2D eigenvalue weighted by Gasteiger charge is -2.05. The molecule has 2 N–H and O–H groups in total. The number of nitrogens with one attached hydrogen (secondary N) is 2. The molecule has 2 heterocycles. The predicted octanol–water partition coefficient (Wildman–Crippen LogP) is 1.53. The first-order chi connectivity index (χ1) is 6.27. The van der Waals surface area contributed by atoms with E-state index in [9.17, 15) is 0 Å². The molecule has 2 aliphatic rings. The standard InChI is InChI=1S/C10H15N3/c1-7-5-11-9(13-7)8-4-10(2-3-10)6-12-8/h5,8,12H,2-4,6H2,1H3,(H,11,13). The van der Waals surface area contributed by atoms with E-state index in [1.165, 1.54) is 25.8 Å². The van der Waals surface area contributed by atoms with Crippen LogP contribution in [0.15, 0.2) is 6.20 Å². The van der Waals surface area contributed by atoms with E-state index in [4.69, 9.17) is 0 Å². The minimum atomic E-state index is 0.483. The smallest absolute Gasteiger partial charge is 0.123 e. The van der Waals surface area contributed by atoms with E-state index >= 15 is 0 Å². The van der Waals surface area contributed by atoms with Crippen LogP contribution in [0, 0.1) is 12.3 Å². The summed E-state index contributed by atoms with van der Waals surface area (Å²) in [5.74, 6) is 1.13. The molecule has 1 saturated carbocycles. The van der Waals surface area contributed by atoms with Crippen LogP contribution < -0.4 is 5.32 Å². The summed E-state index contributed by atoms with van der Waals surface area (Å²) in [6.45, 7) is 3.25. The molecular formula is C10H15N3. The van der Waals surface area contributed by atoms with Crippen molar-refractivity contribution in [1.29, 1.82) is 0 Å². The van der Waals surface area contributed by atoms with E-state index in [2.05, 4.69) is 22.2 Å². The number of imidazole rings is 1. The highest BCUT2D eigenvalue weighted by molar-refractivity contribution is 5.11. The number of nitrogens with zero attached hydrogens (tertiary/aromatic N) is 1. The molecule has 3 rings (SSSR count). The van der Waals surface area contributed by atoms with E-state index in [1.54, 1.807) is 0 Å². The Morgan fingerprint density at radius 1 is 1.54 bits per heavy atom. The second-order valence-corrected chi connectivity index (χ2v) is 4.59. The second kappa shape index (κ2) is 2.35. The molecule has 0 bridgehead atoms. The van der Waals surface area contributed by atoms with Crippen LogP contribution in [0.3, 0.4) is 0 Å². The minimum Gasteiger partial charge on any atom is -0.345 e. The maximum Gasteiger partial charge on any atom is 0.123 e. The first-order valence-electron chi connectivity index (χ1n) is 5.02. The number of H-pyrrole nitrogens is 1. The van der Waals surface area contributed by atoms with Crippen molar-refractivity contribution in [2.45, 2.75) is 32.2 Å². The van der Waals surface area contributed by atoms with Gasteiger partial charge in [0.05, 0.1) is 6.04 Å². The predicted molar refractivity (Wildman–Crippen MR) is 50.4 cm³/mol. The van der Waals surface area contributed by atoms with E-state index in [0.29, 0.717) is 11.5 Å². The van der Waals surface area contributed by atoms with Gasteiger partial charge in [0.2, 0.25) is 0 Å². The van der Waals surface area contributed by atoms with Crippen molar-refractivity contribution in [1.82, 2.24) is 15.3 Å². The van der Waals surface area contributed by atoms with Gasteiger partial charge in [0.1, 0.15) is 5.82 Å². The molecule has 70 valence electrons. The van der Waals surface area contributed by atoms with Crippen molar-refractivity contribution in [2.24, 2.45) is 5.41 Å². The lowest BCUT2D eigenvalue weighted by atomic mass is 10.0. The number of aromatic amines is 1. The van der Waals surface area contributed by atoms with Crippen LogP contribution in [0.2, 0.25) is 0 Å². The summed E-state index contributed by atoms with van der Waals surface area (Å²) in [5.41, 5.74) is 1.82. The SMILES string of the molecule is Cc1cnc(C2CC3(CC3)CN2)[nH]1. The summed E-state index contributed by atoms with van der Waals surface area (Å²) < 4.78 is 0. The molecular weight excluding hydrogens is 162 g/mol. The molecule has 1 atom stereocenters. The third-order valence-electron chi connectivity index (χ3n) is 3.37. The van der Waals surface area contributed by atoms with Gasteiger partial charge in [0.15, 0.2) is 0 Å². The zero-order valence-electron chi connectivity index (χ0n) is 7.93. The van der Waals surface area contributed by atoms with E-state index in [1.807, 2.05) is 6.20 Å². The Morgan fingerprint density at radius 3 is 2.92 bits per heavy atom. The lowest BCUT2D eigenvalue weighted by molar-refractivity contribution is 0.542. The Hall–Kier alpha value is -0.830. The summed E-state index contributed by atoms with van der Waals surface area (Å²) in [6, 6.07) is 0.483. The van der Waals surface area contributed by atoms with Crippen molar-refractivity contribution in [3.63, 3.8) is 0 Å². The van der Waals surface area contributed by atoms with Gasteiger partial charge < -0.3 is 10.3 Å². The van der Waals surface area contributed by atoms with Gasteiger partial charge >= 0.3 is 0 Å². The van der Waals surface area contributed by atoms with Gasteiger partial charge in [-0.15, -0.1) is 0 Å². The fraction of sp³-hybridized carbons (Fsp3) is 0.700. The van der Waals surface area contributed by atoms with Crippen LogP contribution in [-0.4, -0.2) is 16.5 Å². The fourth-order valence-electron chi connectivity index (χ4n) is 2.28. The zero-order valence-corrected chi connectivity index (χ0v) is 7.93. The molecule has 1 aliphatic carbocycles. The Labute approximate surface area is 78.0 Å². The highest BCUT2D eigenvalue weighted by Crippen LogP contribution is 2.54. The monoisotopic (exact) mass is 177 g/mol. The quantitative estimate of drug-likeness (QED) is 0.683.